The molecule has 0 bridgehead atoms. The van der Waals surface area contributed by atoms with Gasteiger partial charge in [0, 0.05) is 6.42 Å². The van der Waals surface area contributed by atoms with Crippen LogP contribution >= 0.6 is 0 Å². The molecule has 72 valence electrons. The summed E-state index contributed by atoms with van der Waals surface area (Å²) in [5.41, 5.74) is 6.44. The molecule has 0 amide bonds. The summed E-state index contributed by atoms with van der Waals surface area (Å²) >= 11 is 0. The van der Waals surface area contributed by atoms with E-state index in [0.29, 0.717) is 6.01 Å². The number of hydrogen-bond acceptors (Lipinski definition) is 3. The highest BCUT2D eigenvalue weighted by atomic mass is 16.4. The van der Waals surface area contributed by atoms with Crippen LogP contribution in [0.3, 0.4) is 0 Å². The molecule has 1 saturated carbocycles. The van der Waals surface area contributed by atoms with Crippen LogP contribution in [0.5, 0.6) is 0 Å². The number of hydrogen-bond donors (Lipinski definition) is 1. The molecule has 2 rings (SSSR count). The zero-order valence-corrected chi connectivity index (χ0v) is 8.05. The Balaban J connectivity index is 2.03. The second-order valence-electron chi connectivity index (χ2n) is 3.92. The first-order valence-corrected chi connectivity index (χ1v) is 4.97. The Hall–Kier alpha value is -0.990. The minimum atomic E-state index is 0.311. The van der Waals surface area contributed by atoms with Crippen LogP contribution in [0.2, 0.25) is 0 Å². The molecule has 3 nitrogen and oxygen atoms in total. The van der Waals surface area contributed by atoms with Gasteiger partial charge in [-0.2, -0.15) is 4.98 Å². The third-order valence-corrected chi connectivity index (χ3v) is 2.86. The van der Waals surface area contributed by atoms with Crippen molar-refractivity contribution in [1.82, 2.24) is 4.98 Å². The van der Waals surface area contributed by atoms with Crippen LogP contribution in [-0.4, -0.2) is 4.98 Å². The van der Waals surface area contributed by atoms with Crippen LogP contribution in [0, 0.1) is 12.8 Å². The Labute approximate surface area is 78.3 Å². The van der Waals surface area contributed by atoms with Crippen LogP contribution in [0.15, 0.2) is 4.42 Å². The molecule has 1 aromatic rings. The van der Waals surface area contributed by atoms with Gasteiger partial charge in [0.25, 0.3) is 6.01 Å². The van der Waals surface area contributed by atoms with E-state index in [0.717, 1.165) is 23.8 Å². The van der Waals surface area contributed by atoms with E-state index in [-0.39, 0.29) is 0 Å². The first kappa shape index (κ1) is 8.60. The SMILES string of the molecule is Cc1nc(N)oc1CC1CCCC1. The monoisotopic (exact) mass is 180 g/mol. The van der Waals surface area contributed by atoms with Crippen LogP contribution < -0.4 is 5.73 Å². The summed E-state index contributed by atoms with van der Waals surface area (Å²) in [4.78, 5) is 4.06. The molecule has 0 unspecified atom stereocenters. The van der Waals surface area contributed by atoms with E-state index in [1.165, 1.54) is 25.7 Å². The second-order valence-corrected chi connectivity index (χ2v) is 3.92. The molecule has 3 heteroatoms. The Morgan fingerprint density at radius 1 is 1.46 bits per heavy atom. The molecule has 0 aliphatic heterocycles. The zero-order chi connectivity index (χ0) is 9.26. The van der Waals surface area contributed by atoms with E-state index < -0.39 is 0 Å². The van der Waals surface area contributed by atoms with Crippen molar-refractivity contribution in [2.75, 3.05) is 5.73 Å². The summed E-state index contributed by atoms with van der Waals surface area (Å²) in [6.45, 7) is 1.96. The highest BCUT2D eigenvalue weighted by Crippen LogP contribution is 2.29. The van der Waals surface area contributed by atoms with Crippen molar-refractivity contribution in [1.29, 1.82) is 0 Å². The zero-order valence-electron chi connectivity index (χ0n) is 8.05. The second kappa shape index (κ2) is 3.40. The maximum atomic E-state index is 5.48. The van der Waals surface area contributed by atoms with E-state index in [9.17, 15) is 0 Å². The Kier molecular flexibility index (Phi) is 2.25. The molecule has 2 N–H and O–H groups in total. The number of nitrogens with two attached hydrogens (primary N) is 1. The van der Waals surface area contributed by atoms with Gasteiger partial charge in [0.1, 0.15) is 5.76 Å². The highest BCUT2D eigenvalue weighted by molar-refractivity contribution is 5.19. The van der Waals surface area contributed by atoms with Crippen molar-refractivity contribution < 1.29 is 4.42 Å². The first-order valence-electron chi connectivity index (χ1n) is 4.97. The number of aryl methyl sites for hydroxylation is 1. The Morgan fingerprint density at radius 2 is 2.15 bits per heavy atom. The van der Waals surface area contributed by atoms with Gasteiger partial charge in [0.15, 0.2) is 0 Å². The van der Waals surface area contributed by atoms with Gasteiger partial charge < -0.3 is 10.2 Å². The van der Waals surface area contributed by atoms with E-state index in [1.54, 1.807) is 0 Å². The Bertz CT molecular complexity index is 287. The quantitative estimate of drug-likeness (QED) is 0.759. The maximum Gasteiger partial charge on any atom is 0.292 e. The van der Waals surface area contributed by atoms with Crippen molar-refractivity contribution in [3.8, 4) is 0 Å². The summed E-state index contributed by atoms with van der Waals surface area (Å²) in [7, 11) is 0. The van der Waals surface area contributed by atoms with Crippen LogP contribution in [0.25, 0.3) is 0 Å². The third-order valence-electron chi connectivity index (χ3n) is 2.86. The van der Waals surface area contributed by atoms with Crippen molar-refractivity contribution in [3.63, 3.8) is 0 Å². The molecule has 0 atom stereocenters. The lowest BCUT2D eigenvalue weighted by atomic mass is 10.0. The van der Waals surface area contributed by atoms with Crippen molar-refractivity contribution >= 4 is 6.01 Å². The number of anilines is 1. The average molecular weight is 180 g/mol. The smallest absolute Gasteiger partial charge is 0.292 e. The van der Waals surface area contributed by atoms with Crippen molar-refractivity contribution in [2.45, 2.75) is 39.0 Å². The number of oxazole rings is 1. The molecule has 13 heavy (non-hydrogen) atoms. The number of nitrogens with zero attached hydrogens (tertiary/aromatic N) is 1. The molecule has 0 aromatic carbocycles. The summed E-state index contributed by atoms with van der Waals surface area (Å²) < 4.78 is 5.34. The molecular formula is C10H16N2O. The molecule has 1 aromatic heterocycles. The molecule has 1 fully saturated rings. The third kappa shape index (κ3) is 1.85. The molecule has 0 saturated heterocycles. The number of aromatic nitrogens is 1. The lowest BCUT2D eigenvalue weighted by Gasteiger charge is -2.05. The fourth-order valence-electron chi connectivity index (χ4n) is 2.12. The number of nitrogen functional groups attached to an aromatic ring is 1. The highest BCUT2D eigenvalue weighted by Gasteiger charge is 2.18. The van der Waals surface area contributed by atoms with Crippen LogP contribution in [0.1, 0.15) is 37.1 Å². The molecule has 1 aliphatic rings. The normalized spacial score (nSPS) is 18.2. The van der Waals surface area contributed by atoms with Gasteiger partial charge in [-0.05, 0) is 12.8 Å². The molecule has 0 radical (unpaired) electrons. The minimum absolute atomic E-state index is 0.311. The molecular weight excluding hydrogens is 164 g/mol. The predicted octanol–water partition coefficient (Wildman–Crippen LogP) is 2.30. The average Bonchev–Trinajstić information content (AvgIpc) is 2.63. The number of rotatable bonds is 2. The topological polar surface area (TPSA) is 52.0 Å². The lowest BCUT2D eigenvalue weighted by Crippen LogP contribution is -1.98. The summed E-state index contributed by atoms with van der Waals surface area (Å²) in [6.07, 6.45) is 6.43. The van der Waals surface area contributed by atoms with Gasteiger partial charge in [-0.3, -0.25) is 0 Å². The minimum Gasteiger partial charge on any atom is -0.429 e. The van der Waals surface area contributed by atoms with Crippen LogP contribution in [0.4, 0.5) is 6.01 Å². The van der Waals surface area contributed by atoms with E-state index in [1.807, 2.05) is 6.92 Å². The fraction of sp³-hybridized carbons (Fsp3) is 0.700. The van der Waals surface area contributed by atoms with E-state index in [2.05, 4.69) is 4.98 Å². The van der Waals surface area contributed by atoms with E-state index >= 15 is 0 Å². The van der Waals surface area contributed by atoms with Crippen molar-refractivity contribution in [3.05, 3.63) is 11.5 Å². The lowest BCUT2D eigenvalue weighted by molar-refractivity contribution is 0.450. The van der Waals surface area contributed by atoms with Gasteiger partial charge in [-0.25, -0.2) is 0 Å². The predicted molar refractivity (Wildman–Crippen MR) is 51.3 cm³/mol. The first-order chi connectivity index (χ1) is 6.25. The fourth-order valence-corrected chi connectivity index (χ4v) is 2.12. The van der Waals surface area contributed by atoms with Gasteiger partial charge in [-0.15, -0.1) is 0 Å². The van der Waals surface area contributed by atoms with Crippen LogP contribution in [-0.2, 0) is 6.42 Å². The molecule has 1 aliphatic carbocycles. The molecule has 0 spiro atoms. The van der Waals surface area contributed by atoms with Gasteiger partial charge >= 0.3 is 0 Å². The largest absolute Gasteiger partial charge is 0.429 e. The molecule has 1 heterocycles. The Morgan fingerprint density at radius 3 is 2.69 bits per heavy atom. The van der Waals surface area contributed by atoms with Gasteiger partial charge in [-0.1, -0.05) is 25.7 Å². The summed E-state index contributed by atoms with van der Waals surface area (Å²) in [5.74, 6) is 1.79. The maximum absolute atomic E-state index is 5.48. The van der Waals surface area contributed by atoms with Gasteiger partial charge in [0.2, 0.25) is 0 Å². The standard InChI is InChI=1S/C10H16N2O/c1-7-9(13-10(11)12-7)6-8-4-2-3-5-8/h8H,2-6H2,1H3,(H2,11,12). The summed E-state index contributed by atoms with van der Waals surface area (Å²) in [6, 6.07) is 0.311. The van der Waals surface area contributed by atoms with Crippen molar-refractivity contribution in [2.24, 2.45) is 5.92 Å². The van der Waals surface area contributed by atoms with E-state index in [4.69, 9.17) is 10.2 Å². The van der Waals surface area contributed by atoms with Gasteiger partial charge in [0.05, 0.1) is 5.69 Å². The summed E-state index contributed by atoms with van der Waals surface area (Å²) in [5, 5.41) is 0.